The van der Waals surface area contributed by atoms with Crippen LogP contribution in [0.15, 0.2) is 12.3 Å². The zero-order chi connectivity index (χ0) is 22.2. The van der Waals surface area contributed by atoms with Crippen LogP contribution in [0.5, 0.6) is 0 Å². The number of nitrogens with zero attached hydrogens (tertiary/aromatic N) is 1. The molecule has 1 rings (SSSR count). The Bertz CT molecular complexity index is 431. The number of nitrogens with one attached hydrogen (secondary N) is 1. The van der Waals surface area contributed by atoms with E-state index in [4.69, 9.17) is 4.74 Å². The lowest BCUT2D eigenvalue weighted by Gasteiger charge is -2.24. The first-order chi connectivity index (χ1) is 14.5. The van der Waals surface area contributed by atoms with Crippen molar-refractivity contribution in [3.05, 3.63) is 12.3 Å². The molecule has 4 unspecified atom stereocenters. The summed E-state index contributed by atoms with van der Waals surface area (Å²) < 4.78 is 5.83. The van der Waals surface area contributed by atoms with Crippen LogP contribution in [0.25, 0.3) is 0 Å². The predicted octanol–water partition coefficient (Wildman–Crippen LogP) is 4.48. The molecule has 1 heterocycles. The van der Waals surface area contributed by atoms with Gasteiger partial charge >= 0.3 is 0 Å². The monoisotopic (exact) mass is 426 g/mol. The average Bonchev–Trinajstić information content (AvgIpc) is 3.17. The summed E-state index contributed by atoms with van der Waals surface area (Å²) in [7, 11) is 0. The Hall–Kier alpha value is -0.620. The maximum absolute atomic E-state index is 9.68. The third-order valence-electron chi connectivity index (χ3n) is 6.33. The molecule has 0 amide bonds. The van der Waals surface area contributed by atoms with Crippen molar-refractivity contribution in [2.75, 3.05) is 32.8 Å². The first-order valence-electron chi connectivity index (χ1n) is 12.6. The van der Waals surface area contributed by atoms with Gasteiger partial charge in [-0.1, -0.05) is 46.1 Å². The van der Waals surface area contributed by atoms with Gasteiger partial charge in [0.25, 0.3) is 0 Å². The minimum atomic E-state index is -0.483. The Morgan fingerprint density at radius 1 is 1.13 bits per heavy atom. The fourth-order valence-electron chi connectivity index (χ4n) is 4.24. The maximum Gasteiger partial charge on any atom is 0.0833 e. The lowest BCUT2D eigenvalue weighted by molar-refractivity contribution is -0.0906. The molecular formula is C25H50N2O3. The predicted molar refractivity (Wildman–Crippen MR) is 127 cm³/mol. The van der Waals surface area contributed by atoms with Crippen LogP contribution in [-0.2, 0) is 4.74 Å². The van der Waals surface area contributed by atoms with E-state index >= 15 is 0 Å². The van der Waals surface area contributed by atoms with E-state index in [0.29, 0.717) is 0 Å². The van der Waals surface area contributed by atoms with E-state index in [1.807, 2.05) is 6.92 Å². The van der Waals surface area contributed by atoms with Crippen molar-refractivity contribution in [2.24, 2.45) is 5.92 Å². The fourth-order valence-corrected chi connectivity index (χ4v) is 4.24. The van der Waals surface area contributed by atoms with Crippen LogP contribution in [0, 0.1) is 5.92 Å². The number of hydrogen-bond donors (Lipinski definition) is 3. The van der Waals surface area contributed by atoms with Gasteiger partial charge in [0.2, 0.25) is 0 Å². The molecule has 0 bridgehead atoms. The number of aliphatic hydroxyl groups excluding tert-OH is 2. The molecule has 1 aliphatic heterocycles. The first-order valence-corrected chi connectivity index (χ1v) is 12.6. The highest BCUT2D eigenvalue weighted by atomic mass is 16.5. The SMILES string of the molecule is C=C(CCCCCNCCCCCCC(CO)OC(CC)C(C)O)N1CCC(C)C1. The molecule has 178 valence electrons. The number of unbranched alkanes of at least 4 members (excludes halogenated alkanes) is 5. The Kier molecular flexibility index (Phi) is 15.5. The summed E-state index contributed by atoms with van der Waals surface area (Å²) in [4.78, 5) is 2.48. The molecule has 3 N–H and O–H groups in total. The lowest BCUT2D eigenvalue weighted by Crippen LogP contribution is -2.32. The summed E-state index contributed by atoms with van der Waals surface area (Å²) >= 11 is 0. The third kappa shape index (κ3) is 12.3. The largest absolute Gasteiger partial charge is 0.394 e. The second-order valence-corrected chi connectivity index (χ2v) is 9.30. The fraction of sp³-hybridized carbons (Fsp3) is 0.920. The van der Waals surface area contributed by atoms with E-state index in [1.54, 1.807) is 6.92 Å². The molecule has 1 fully saturated rings. The number of allylic oxidation sites excluding steroid dienone is 1. The van der Waals surface area contributed by atoms with Gasteiger partial charge < -0.3 is 25.2 Å². The van der Waals surface area contributed by atoms with Crippen molar-refractivity contribution < 1.29 is 14.9 Å². The van der Waals surface area contributed by atoms with Gasteiger partial charge in [-0.3, -0.25) is 0 Å². The molecule has 0 radical (unpaired) electrons. The van der Waals surface area contributed by atoms with Crippen LogP contribution < -0.4 is 5.32 Å². The molecule has 0 aromatic heterocycles. The van der Waals surface area contributed by atoms with Gasteiger partial charge in [-0.15, -0.1) is 0 Å². The van der Waals surface area contributed by atoms with Gasteiger partial charge in [-0.05, 0) is 70.9 Å². The summed E-state index contributed by atoms with van der Waals surface area (Å²) in [6.45, 7) is 15.0. The summed E-state index contributed by atoms with van der Waals surface area (Å²) in [6, 6.07) is 0. The van der Waals surface area contributed by atoms with E-state index in [9.17, 15) is 10.2 Å². The highest BCUT2D eigenvalue weighted by Crippen LogP contribution is 2.22. The Labute approximate surface area is 186 Å². The summed E-state index contributed by atoms with van der Waals surface area (Å²) in [5.74, 6) is 0.832. The second-order valence-electron chi connectivity index (χ2n) is 9.30. The summed E-state index contributed by atoms with van der Waals surface area (Å²) in [6.07, 6.45) is 11.8. The molecule has 0 saturated carbocycles. The molecule has 1 aliphatic rings. The van der Waals surface area contributed by atoms with Crippen molar-refractivity contribution in [3.63, 3.8) is 0 Å². The lowest BCUT2D eigenvalue weighted by atomic mass is 10.1. The number of likely N-dealkylation sites (tertiary alicyclic amines) is 1. The van der Waals surface area contributed by atoms with Crippen molar-refractivity contribution in [2.45, 2.75) is 110 Å². The highest BCUT2D eigenvalue weighted by molar-refractivity contribution is 4.96. The number of rotatable bonds is 19. The molecule has 0 aliphatic carbocycles. The maximum atomic E-state index is 9.68. The van der Waals surface area contributed by atoms with Crippen molar-refractivity contribution in [3.8, 4) is 0 Å². The Morgan fingerprint density at radius 2 is 1.80 bits per heavy atom. The van der Waals surface area contributed by atoms with Gasteiger partial charge in [-0.2, -0.15) is 0 Å². The van der Waals surface area contributed by atoms with E-state index < -0.39 is 6.10 Å². The highest BCUT2D eigenvalue weighted by Gasteiger charge is 2.19. The molecule has 30 heavy (non-hydrogen) atoms. The van der Waals surface area contributed by atoms with E-state index in [2.05, 4.69) is 23.7 Å². The van der Waals surface area contributed by atoms with Crippen molar-refractivity contribution in [1.82, 2.24) is 10.2 Å². The van der Waals surface area contributed by atoms with Crippen molar-refractivity contribution >= 4 is 0 Å². The molecule has 0 spiro atoms. The first kappa shape index (κ1) is 27.4. The third-order valence-corrected chi connectivity index (χ3v) is 6.33. The molecule has 1 saturated heterocycles. The minimum absolute atomic E-state index is 0.0370. The number of aliphatic hydroxyl groups is 2. The van der Waals surface area contributed by atoms with E-state index in [0.717, 1.165) is 44.7 Å². The molecule has 5 nitrogen and oxygen atoms in total. The van der Waals surface area contributed by atoms with Crippen LogP contribution in [0.3, 0.4) is 0 Å². The normalized spacial score (nSPS) is 19.8. The van der Waals surface area contributed by atoms with Crippen molar-refractivity contribution in [1.29, 1.82) is 0 Å². The average molecular weight is 427 g/mol. The number of hydrogen-bond acceptors (Lipinski definition) is 5. The van der Waals surface area contributed by atoms with E-state index in [1.165, 1.54) is 63.7 Å². The molecular weight excluding hydrogens is 376 g/mol. The number of ether oxygens (including phenoxy) is 1. The van der Waals surface area contributed by atoms with Crippen LogP contribution in [0.2, 0.25) is 0 Å². The summed E-state index contributed by atoms with van der Waals surface area (Å²) in [5, 5.41) is 22.7. The molecule has 4 atom stereocenters. The van der Waals surface area contributed by atoms with Gasteiger partial charge in [0.15, 0.2) is 0 Å². The van der Waals surface area contributed by atoms with Crippen LogP contribution in [-0.4, -0.2) is 66.2 Å². The van der Waals surface area contributed by atoms with Gasteiger partial charge in [0.1, 0.15) is 0 Å². The quantitative estimate of drug-likeness (QED) is 0.266. The minimum Gasteiger partial charge on any atom is -0.394 e. The summed E-state index contributed by atoms with van der Waals surface area (Å²) in [5.41, 5.74) is 1.34. The molecule has 0 aromatic carbocycles. The van der Waals surface area contributed by atoms with Crippen LogP contribution >= 0.6 is 0 Å². The van der Waals surface area contributed by atoms with Gasteiger partial charge in [0, 0.05) is 18.8 Å². The van der Waals surface area contributed by atoms with Gasteiger partial charge in [0.05, 0.1) is 24.9 Å². The van der Waals surface area contributed by atoms with Gasteiger partial charge in [-0.25, -0.2) is 0 Å². The van der Waals surface area contributed by atoms with Crippen LogP contribution in [0.1, 0.15) is 91.4 Å². The zero-order valence-electron chi connectivity index (χ0n) is 20.1. The Morgan fingerprint density at radius 3 is 2.37 bits per heavy atom. The smallest absolute Gasteiger partial charge is 0.0833 e. The van der Waals surface area contributed by atoms with E-state index in [-0.39, 0.29) is 18.8 Å². The molecule has 0 aromatic rings. The standard InChI is InChI=1S/C25H50N2O3/c1-5-25(23(4)29)30-24(20-28)14-10-6-7-11-16-26-17-12-8-9-13-22(3)27-18-15-21(2)19-27/h21,23-26,28-29H,3,5-20H2,1-2,4H3. The Balaban J connectivity index is 1.88. The zero-order valence-corrected chi connectivity index (χ0v) is 20.1. The topological polar surface area (TPSA) is 65.0 Å². The second kappa shape index (κ2) is 17.0. The van der Waals surface area contributed by atoms with Crippen LogP contribution in [0.4, 0.5) is 0 Å². The molecule has 5 heteroatoms.